The van der Waals surface area contributed by atoms with E-state index in [0.717, 1.165) is 12.1 Å². The maximum absolute atomic E-state index is 14.1. The Morgan fingerprint density at radius 1 is 0.839 bits per heavy atom. The fraction of sp³-hybridized carbons (Fsp3) is 0.182. The van der Waals surface area contributed by atoms with Gasteiger partial charge in [0, 0.05) is 24.4 Å². The average molecular weight is 426 g/mol. The smallest absolute Gasteiger partial charge is 0.262 e. The number of carbonyl (C=O) groups is 1. The number of aryl methyl sites for hydroxylation is 1. The van der Waals surface area contributed by atoms with Crippen LogP contribution in [0.5, 0.6) is 0 Å². The summed E-state index contributed by atoms with van der Waals surface area (Å²) in [6.07, 6.45) is 1.11. The number of pyridine rings is 1. The molecule has 0 aliphatic carbocycles. The zero-order valence-electron chi connectivity index (χ0n) is 16.2. The highest BCUT2D eigenvalue weighted by atomic mass is 19.2. The molecule has 158 valence electrons. The Labute approximate surface area is 174 Å². The van der Waals surface area contributed by atoms with Crippen LogP contribution in [-0.2, 0) is 6.42 Å². The monoisotopic (exact) mass is 426 g/mol. The lowest BCUT2D eigenvalue weighted by molar-refractivity contribution is 0.0983. The van der Waals surface area contributed by atoms with E-state index in [1.165, 1.54) is 29.2 Å². The van der Waals surface area contributed by atoms with Gasteiger partial charge in [0.2, 0.25) is 5.56 Å². The maximum atomic E-state index is 14.1. The van der Waals surface area contributed by atoms with Gasteiger partial charge in [0.1, 0.15) is 18.3 Å². The summed E-state index contributed by atoms with van der Waals surface area (Å²) >= 11 is 0. The number of fused-ring (bicyclic) bond motifs is 8. The Hall–Kier alpha value is -3.75. The number of hydrogen-bond donors (Lipinski definition) is 2. The molecule has 2 aliphatic heterocycles. The molecule has 2 bridgehead atoms. The lowest BCUT2D eigenvalue weighted by Crippen LogP contribution is -2.45. The van der Waals surface area contributed by atoms with Gasteiger partial charge in [0.25, 0.3) is 5.91 Å². The predicted molar refractivity (Wildman–Crippen MR) is 110 cm³/mol. The number of aromatic nitrogens is 1. The van der Waals surface area contributed by atoms with E-state index >= 15 is 0 Å². The van der Waals surface area contributed by atoms with E-state index in [0.29, 0.717) is 42.1 Å². The highest BCUT2D eigenvalue weighted by Crippen LogP contribution is 2.40. The molecule has 0 atom stereocenters. The van der Waals surface area contributed by atoms with Crippen molar-refractivity contribution in [2.24, 2.45) is 0 Å². The number of amides is 1. The molecule has 0 saturated carbocycles. The Morgan fingerprint density at radius 3 is 2.45 bits per heavy atom. The number of benzene rings is 2. The Morgan fingerprint density at radius 2 is 1.61 bits per heavy atom. The van der Waals surface area contributed by atoms with Gasteiger partial charge in [-0.2, -0.15) is 0 Å². The Kier molecular flexibility index (Phi) is 4.46. The lowest BCUT2D eigenvalue weighted by atomic mass is 10.0. The first kappa shape index (κ1) is 19.2. The molecule has 5 rings (SSSR count). The minimum Gasteiger partial charge on any atom is -0.370 e. The molecular weight excluding hydrogens is 409 g/mol. The van der Waals surface area contributed by atoms with Gasteiger partial charge >= 0.3 is 0 Å². The number of nitrogens with zero attached hydrogens (tertiary/aromatic N) is 2. The molecule has 2 aromatic carbocycles. The molecule has 9 heteroatoms. The summed E-state index contributed by atoms with van der Waals surface area (Å²) in [4.78, 5) is 30.9. The van der Waals surface area contributed by atoms with Crippen LogP contribution in [0.15, 0.2) is 47.3 Å². The lowest BCUT2D eigenvalue weighted by Gasteiger charge is -2.39. The molecule has 0 spiro atoms. The number of anilines is 4. The van der Waals surface area contributed by atoms with Crippen LogP contribution >= 0.6 is 0 Å². The van der Waals surface area contributed by atoms with Crippen molar-refractivity contribution in [2.45, 2.75) is 12.8 Å². The number of H-pyrrole nitrogens is 1. The second-order valence-electron chi connectivity index (χ2n) is 7.47. The highest BCUT2D eigenvalue weighted by Gasteiger charge is 2.35. The van der Waals surface area contributed by atoms with E-state index in [9.17, 15) is 22.8 Å². The number of nitrogens with one attached hydrogen (secondary N) is 2. The van der Waals surface area contributed by atoms with Crippen LogP contribution in [0.1, 0.15) is 22.3 Å². The largest absolute Gasteiger partial charge is 0.370 e. The van der Waals surface area contributed by atoms with Crippen LogP contribution < -0.4 is 20.7 Å². The number of rotatable bonds is 0. The summed E-state index contributed by atoms with van der Waals surface area (Å²) in [5.41, 5.74) is 1.49. The molecule has 2 N–H and O–H groups in total. The quantitative estimate of drug-likeness (QED) is 0.572. The molecule has 0 unspecified atom stereocenters. The highest BCUT2D eigenvalue weighted by molar-refractivity contribution is 6.13. The third-order valence-electron chi connectivity index (χ3n) is 5.53. The van der Waals surface area contributed by atoms with Crippen LogP contribution in [0.3, 0.4) is 0 Å². The van der Waals surface area contributed by atoms with Gasteiger partial charge in [0.15, 0.2) is 11.6 Å². The van der Waals surface area contributed by atoms with Crippen LogP contribution in [-0.4, -0.2) is 24.1 Å². The van der Waals surface area contributed by atoms with E-state index < -0.39 is 23.4 Å². The molecule has 1 aromatic heterocycles. The molecular formula is C22H17F3N4O2. The maximum Gasteiger partial charge on any atom is 0.262 e. The van der Waals surface area contributed by atoms with Gasteiger partial charge in [-0.1, -0.05) is 0 Å². The van der Waals surface area contributed by atoms with Crippen molar-refractivity contribution in [3.05, 3.63) is 81.4 Å². The van der Waals surface area contributed by atoms with Crippen molar-refractivity contribution in [2.75, 3.05) is 28.3 Å². The van der Waals surface area contributed by atoms with E-state index in [4.69, 9.17) is 0 Å². The van der Waals surface area contributed by atoms with Crippen LogP contribution in [0, 0.1) is 17.5 Å². The summed E-state index contributed by atoms with van der Waals surface area (Å²) < 4.78 is 42.2. The second-order valence-corrected chi connectivity index (χ2v) is 7.47. The first-order valence-electron chi connectivity index (χ1n) is 9.76. The van der Waals surface area contributed by atoms with Gasteiger partial charge < -0.3 is 15.2 Å². The number of hydrogen-bond acceptors (Lipinski definition) is 4. The molecule has 6 nitrogen and oxygen atoms in total. The number of halogens is 3. The topological polar surface area (TPSA) is 68.4 Å². The summed E-state index contributed by atoms with van der Waals surface area (Å²) in [6.45, 7) is 0.428. The van der Waals surface area contributed by atoms with E-state index in [-0.39, 0.29) is 23.5 Å². The summed E-state index contributed by atoms with van der Waals surface area (Å²) in [5.74, 6) is -2.82. The van der Waals surface area contributed by atoms with Crippen LogP contribution in [0.25, 0.3) is 0 Å². The fourth-order valence-corrected chi connectivity index (χ4v) is 4.09. The molecule has 1 amide bonds. The minimum atomic E-state index is -1.14. The Bertz CT molecular complexity index is 1270. The standard InChI is InChI=1S/C22H17F3N4O2/c23-13-3-4-17-12(8-13)2-1-7-26-21-18(5-6-20(30)27-21)29-11-28(17)19-10-16(25)15(24)9-14(19)22(29)31/h3-6,8-10H,1-2,7,11H2,(H2,26,27,30). The van der Waals surface area contributed by atoms with Crippen LogP contribution in [0.4, 0.5) is 36.1 Å². The molecule has 0 fully saturated rings. The average Bonchev–Trinajstić information content (AvgIpc) is 2.76. The van der Waals surface area contributed by atoms with Crippen molar-refractivity contribution >= 4 is 28.8 Å². The first-order valence-corrected chi connectivity index (χ1v) is 9.76. The van der Waals surface area contributed by atoms with Gasteiger partial charge in [0.05, 0.1) is 16.9 Å². The zero-order chi connectivity index (χ0) is 21.7. The first-order chi connectivity index (χ1) is 14.9. The van der Waals surface area contributed by atoms with Gasteiger partial charge in [-0.25, -0.2) is 13.2 Å². The predicted octanol–water partition coefficient (Wildman–Crippen LogP) is 3.91. The van der Waals surface area contributed by atoms with E-state index in [1.807, 2.05) is 0 Å². The van der Waals surface area contributed by atoms with Crippen molar-refractivity contribution in [3.8, 4) is 0 Å². The van der Waals surface area contributed by atoms with E-state index in [1.54, 1.807) is 11.0 Å². The third kappa shape index (κ3) is 3.22. The Balaban J connectivity index is 1.78. The SMILES string of the molecule is O=C1c2cc(F)c(F)cc2N2CN1c1ccc(=O)[nH]c1NCCCc1cc(F)ccc12. The summed E-state index contributed by atoms with van der Waals surface area (Å²) in [5, 5.41) is 3.12. The molecule has 31 heavy (non-hydrogen) atoms. The summed E-state index contributed by atoms with van der Waals surface area (Å²) in [6, 6.07) is 8.92. The van der Waals surface area contributed by atoms with Gasteiger partial charge in [-0.05, 0) is 48.7 Å². The molecule has 0 saturated heterocycles. The van der Waals surface area contributed by atoms with Crippen molar-refractivity contribution in [3.63, 3.8) is 0 Å². The molecule has 3 heterocycles. The molecule has 2 aliphatic rings. The minimum absolute atomic E-state index is 0.0307. The number of aromatic amines is 1. The second kappa shape index (κ2) is 7.19. The number of carbonyl (C=O) groups excluding carboxylic acids is 1. The molecule has 3 aromatic rings. The zero-order valence-corrected chi connectivity index (χ0v) is 16.2. The van der Waals surface area contributed by atoms with Gasteiger partial charge in [-0.15, -0.1) is 0 Å². The van der Waals surface area contributed by atoms with Crippen molar-refractivity contribution < 1.29 is 18.0 Å². The fourth-order valence-electron chi connectivity index (χ4n) is 4.09. The third-order valence-corrected chi connectivity index (χ3v) is 5.53. The van der Waals surface area contributed by atoms with Crippen molar-refractivity contribution in [1.29, 1.82) is 0 Å². The van der Waals surface area contributed by atoms with Crippen LogP contribution in [0.2, 0.25) is 0 Å². The van der Waals surface area contributed by atoms with Crippen molar-refractivity contribution in [1.82, 2.24) is 4.98 Å². The molecule has 0 radical (unpaired) electrons. The van der Waals surface area contributed by atoms with Gasteiger partial charge in [-0.3, -0.25) is 14.5 Å². The van der Waals surface area contributed by atoms with E-state index in [2.05, 4.69) is 10.3 Å². The summed E-state index contributed by atoms with van der Waals surface area (Å²) in [7, 11) is 0. The normalized spacial score (nSPS) is 15.4.